The van der Waals surface area contributed by atoms with Crippen molar-refractivity contribution >= 4 is 35.1 Å². The first-order chi connectivity index (χ1) is 11.5. The number of hydrogen-bond acceptors (Lipinski definition) is 5. The topological polar surface area (TPSA) is 61.8 Å². The van der Waals surface area contributed by atoms with Crippen LogP contribution in [0.4, 0.5) is 0 Å². The van der Waals surface area contributed by atoms with Gasteiger partial charge in [0.25, 0.3) is 0 Å². The molecule has 0 atom stereocenters. The number of esters is 2. The normalized spacial score (nSPS) is 10.2. The Kier molecular flexibility index (Phi) is 5.70. The Morgan fingerprint density at radius 1 is 0.833 bits per heavy atom. The number of benzene rings is 2. The van der Waals surface area contributed by atoms with E-state index in [9.17, 15) is 9.59 Å². The fourth-order valence-corrected chi connectivity index (χ4v) is 2.71. The van der Waals surface area contributed by atoms with Crippen LogP contribution in [0.15, 0.2) is 30.3 Å². The van der Waals surface area contributed by atoms with Crippen LogP contribution in [0.1, 0.15) is 20.7 Å². The van der Waals surface area contributed by atoms with Gasteiger partial charge in [0, 0.05) is 5.56 Å². The molecule has 0 fully saturated rings. The molecule has 126 valence electrons. The molecule has 5 nitrogen and oxygen atoms in total. The molecule has 7 heteroatoms. The molecule has 0 aliphatic rings. The summed E-state index contributed by atoms with van der Waals surface area (Å²) in [5, 5.41) is 0.239. The zero-order valence-corrected chi connectivity index (χ0v) is 14.7. The molecule has 0 radical (unpaired) electrons. The molecule has 0 saturated carbocycles. The Morgan fingerprint density at radius 2 is 1.42 bits per heavy atom. The van der Waals surface area contributed by atoms with Crippen molar-refractivity contribution < 1.29 is 23.8 Å². The molecule has 0 aliphatic carbocycles. The third kappa shape index (κ3) is 3.18. The Morgan fingerprint density at radius 3 is 2.00 bits per heavy atom. The van der Waals surface area contributed by atoms with Gasteiger partial charge in [-0.2, -0.15) is 0 Å². The highest BCUT2D eigenvalue weighted by atomic mass is 35.5. The van der Waals surface area contributed by atoms with Crippen molar-refractivity contribution in [2.75, 3.05) is 21.3 Å². The van der Waals surface area contributed by atoms with Gasteiger partial charge in [0.1, 0.15) is 11.3 Å². The van der Waals surface area contributed by atoms with E-state index in [0.29, 0.717) is 16.9 Å². The summed E-state index contributed by atoms with van der Waals surface area (Å²) < 4.78 is 14.9. The molecule has 0 bridgehead atoms. The van der Waals surface area contributed by atoms with Crippen LogP contribution in [-0.4, -0.2) is 33.3 Å². The maximum Gasteiger partial charge on any atom is 0.342 e. The Labute approximate surface area is 149 Å². The fourth-order valence-electron chi connectivity index (χ4n) is 2.32. The lowest BCUT2D eigenvalue weighted by Gasteiger charge is -2.16. The van der Waals surface area contributed by atoms with Gasteiger partial charge in [-0.15, -0.1) is 0 Å². The summed E-state index contributed by atoms with van der Waals surface area (Å²) in [5.41, 5.74) is 1.03. The molecular weight excluding hydrogens is 355 g/mol. The van der Waals surface area contributed by atoms with E-state index in [2.05, 4.69) is 0 Å². The second kappa shape index (κ2) is 7.55. The molecule has 2 rings (SSSR count). The minimum atomic E-state index is -0.670. The first-order valence-corrected chi connectivity index (χ1v) is 7.53. The van der Waals surface area contributed by atoms with Crippen LogP contribution < -0.4 is 4.74 Å². The van der Waals surface area contributed by atoms with Crippen molar-refractivity contribution in [2.45, 2.75) is 0 Å². The van der Waals surface area contributed by atoms with E-state index in [4.69, 9.17) is 37.4 Å². The lowest BCUT2D eigenvalue weighted by atomic mass is 9.94. The van der Waals surface area contributed by atoms with Gasteiger partial charge in [-0.1, -0.05) is 41.4 Å². The van der Waals surface area contributed by atoms with Gasteiger partial charge in [-0.05, 0) is 17.7 Å². The standard InChI is InChI=1S/C17H14Cl2O5/c1-22-12-6-4-5-9(13(12)16(20)23-2)10-7-8-11(18)15(19)14(10)17(21)24-3/h4-8H,1-3H3. The summed E-state index contributed by atoms with van der Waals surface area (Å²) >= 11 is 12.2. The van der Waals surface area contributed by atoms with Gasteiger partial charge in [0.2, 0.25) is 0 Å². The quantitative estimate of drug-likeness (QED) is 0.755. The van der Waals surface area contributed by atoms with E-state index in [1.54, 1.807) is 24.3 Å². The minimum Gasteiger partial charge on any atom is -0.496 e. The van der Waals surface area contributed by atoms with Gasteiger partial charge in [0.05, 0.1) is 36.9 Å². The predicted octanol–water partition coefficient (Wildman–Crippen LogP) is 4.24. The van der Waals surface area contributed by atoms with E-state index in [0.717, 1.165) is 0 Å². The van der Waals surface area contributed by atoms with Gasteiger partial charge >= 0.3 is 11.9 Å². The van der Waals surface area contributed by atoms with Crippen LogP contribution in [0.25, 0.3) is 11.1 Å². The maximum atomic E-state index is 12.2. The van der Waals surface area contributed by atoms with Crippen molar-refractivity contribution in [3.63, 3.8) is 0 Å². The average Bonchev–Trinajstić information content (AvgIpc) is 2.61. The van der Waals surface area contributed by atoms with Gasteiger partial charge < -0.3 is 14.2 Å². The molecule has 0 saturated heterocycles. The van der Waals surface area contributed by atoms with Crippen molar-refractivity contribution in [2.24, 2.45) is 0 Å². The van der Waals surface area contributed by atoms with Crippen LogP contribution in [-0.2, 0) is 9.47 Å². The van der Waals surface area contributed by atoms with Crippen molar-refractivity contribution in [1.29, 1.82) is 0 Å². The maximum absolute atomic E-state index is 12.2. The highest BCUT2D eigenvalue weighted by Gasteiger charge is 2.25. The van der Waals surface area contributed by atoms with Gasteiger partial charge in [-0.25, -0.2) is 9.59 Å². The smallest absolute Gasteiger partial charge is 0.342 e. The molecule has 2 aromatic carbocycles. The van der Waals surface area contributed by atoms with Crippen LogP contribution in [0.3, 0.4) is 0 Å². The van der Waals surface area contributed by atoms with E-state index in [1.807, 2.05) is 0 Å². The molecule has 24 heavy (non-hydrogen) atoms. The molecule has 0 aromatic heterocycles. The monoisotopic (exact) mass is 368 g/mol. The van der Waals surface area contributed by atoms with Crippen LogP contribution in [0.2, 0.25) is 10.0 Å². The van der Waals surface area contributed by atoms with E-state index in [-0.39, 0.29) is 21.2 Å². The Balaban J connectivity index is 2.85. The van der Waals surface area contributed by atoms with Crippen molar-refractivity contribution in [3.05, 3.63) is 51.5 Å². The Hall–Kier alpha value is -2.24. The average molecular weight is 369 g/mol. The molecule has 0 aliphatic heterocycles. The van der Waals surface area contributed by atoms with Crippen LogP contribution in [0, 0.1) is 0 Å². The summed E-state index contributed by atoms with van der Waals surface area (Å²) in [6.07, 6.45) is 0. The lowest BCUT2D eigenvalue weighted by Crippen LogP contribution is -2.10. The predicted molar refractivity (Wildman–Crippen MR) is 91.1 cm³/mol. The van der Waals surface area contributed by atoms with E-state index in [1.165, 1.54) is 27.4 Å². The minimum absolute atomic E-state index is 0.0413. The highest BCUT2D eigenvalue weighted by molar-refractivity contribution is 6.44. The zero-order valence-electron chi connectivity index (χ0n) is 13.2. The summed E-state index contributed by atoms with van der Waals surface area (Å²) in [6.45, 7) is 0. The zero-order chi connectivity index (χ0) is 17.9. The van der Waals surface area contributed by atoms with Crippen molar-refractivity contribution in [1.82, 2.24) is 0 Å². The number of rotatable bonds is 4. The molecular formula is C17H14Cl2O5. The molecule has 0 amide bonds. The second-order valence-electron chi connectivity index (χ2n) is 4.65. The number of hydrogen-bond donors (Lipinski definition) is 0. The van der Waals surface area contributed by atoms with E-state index >= 15 is 0 Å². The second-order valence-corrected chi connectivity index (χ2v) is 5.44. The molecule has 0 heterocycles. The van der Waals surface area contributed by atoms with Crippen molar-refractivity contribution in [3.8, 4) is 16.9 Å². The van der Waals surface area contributed by atoms with E-state index < -0.39 is 11.9 Å². The number of halogens is 2. The number of ether oxygens (including phenoxy) is 3. The number of carbonyl (C=O) groups is 2. The summed E-state index contributed by atoms with van der Waals surface area (Å²) in [6, 6.07) is 8.07. The third-order valence-electron chi connectivity index (χ3n) is 3.41. The molecule has 2 aromatic rings. The van der Waals surface area contributed by atoms with Gasteiger partial charge in [0.15, 0.2) is 0 Å². The largest absolute Gasteiger partial charge is 0.496 e. The lowest BCUT2D eigenvalue weighted by molar-refractivity contribution is 0.0588. The summed E-state index contributed by atoms with van der Waals surface area (Å²) in [7, 11) is 3.92. The summed E-state index contributed by atoms with van der Waals surface area (Å²) in [5.74, 6) is -0.971. The van der Waals surface area contributed by atoms with Gasteiger partial charge in [-0.3, -0.25) is 0 Å². The van der Waals surface area contributed by atoms with Crippen LogP contribution in [0.5, 0.6) is 5.75 Å². The third-order valence-corrected chi connectivity index (χ3v) is 4.21. The Bertz CT molecular complexity index is 802. The molecule has 0 unspecified atom stereocenters. The number of carbonyl (C=O) groups excluding carboxylic acids is 2. The first-order valence-electron chi connectivity index (χ1n) is 6.78. The SMILES string of the molecule is COC(=O)c1c(OC)cccc1-c1ccc(Cl)c(Cl)c1C(=O)OC. The molecule has 0 spiro atoms. The van der Waals surface area contributed by atoms with Crippen LogP contribution >= 0.6 is 23.2 Å². The first kappa shape index (κ1) is 18.1. The fraction of sp³-hybridized carbons (Fsp3) is 0.176. The number of methoxy groups -OCH3 is 3. The molecule has 0 N–H and O–H groups in total. The summed E-state index contributed by atoms with van der Waals surface area (Å²) in [4.78, 5) is 24.4. The highest BCUT2D eigenvalue weighted by Crippen LogP contribution is 2.38.